The van der Waals surface area contributed by atoms with E-state index in [0.29, 0.717) is 4.90 Å². The van der Waals surface area contributed by atoms with Gasteiger partial charge in [0.15, 0.2) is 5.82 Å². The topological polar surface area (TPSA) is 38.7 Å². The van der Waals surface area contributed by atoms with E-state index in [1.165, 1.54) is 6.07 Å². The molecule has 0 fully saturated rings. The molecule has 0 N–H and O–H groups in total. The third-order valence-corrected chi connectivity index (χ3v) is 3.48. The maximum atomic E-state index is 13.5. The molecule has 108 valence electrons. The molecule has 0 spiro atoms. The molecular weight excluding hydrogens is 321 g/mol. The maximum Gasteiger partial charge on any atom is 0.316 e. The van der Waals surface area contributed by atoms with Crippen molar-refractivity contribution in [2.45, 2.75) is 31.3 Å². The van der Waals surface area contributed by atoms with Crippen molar-refractivity contribution in [2.24, 2.45) is 4.99 Å². The van der Waals surface area contributed by atoms with Crippen LogP contribution in [0.2, 0.25) is 5.02 Å². The van der Waals surface area contributed by atoms with Gasteiger partial charge in [-0.05, 0) is 45.1 Å². The maximum absolute atomic E-state index is 13.5. The lowest BCUT2D eigenvalue weighted by molar-refractivity contribution is -0.151. The second kappa shape index (κ2) is 7.18. The summed E-state index contributed by atoms with van der Waals surface area (Å²) >= 11 is 11.5. The highest BCUT2D eigenvalue weighted by molar-refractivity contribution is 8.00. The molecular formula is C13H13ClFNO2S2. The van der Waals surface area contributed by atoms with Crippen LogP contribution in [0.15, 0.2) is 22.0 Å². The number of hydrogen-bond acceptors (Lipinski definition) is 5. The zero-order valence-corrected chi connectivity index (χ0v) is 13.6. The summed E-state index contributed by atoms with van der Waals surface area (Å²) in [5, 5.41) is 2.30. The molecule has 0 bridgehead atoms. The van der Waals surface area contributed by atoms with Crippen LogP contribution < -0.4 is 0 Å². The Kier molecular flexibility index (Phi) is 6.14. The van der Waals surface area contributed by atoms with Gasteiger partial charge in [0.1, 0.15) is 11.3 Å². The van der Waals surface area contributed by atoms with Crippen LogP contribution in [0.3, 0.4) is 0 Å². The van der Waals surface area contributed by atoms with Crippen LogP contribution in [0.1, 0.15) is 20.8 Å². The molecule has 7 heteroatoms. The van der Waals surface area contributed by atoms with Crippen molar-refractivity contribution < 1.29 is 13.9 Å². The van der Waals surface area contributed by atoms with Crippen molar-refractivity contribution in [3.8, 4) is 0 Å². The number of halogens is 2. The smallest absolute Gasteiger partial charge is 0.316 e. The number of esters is 1. The van der Waals surface area contributed by atoms with Gasteiger partial charge in [-0.2, -0.15) is 4.99 Å². The van der Waals surface area contributed by atoms with E-state index >= 15 is 0 Å². The Morgan fingerprint density at radius 2 is 2.20 bits per heavy atom. The highest BCUT2D eigenvalue weighted by Crippen LogP contribution is 2.33. The molecule has 1 rings (SSSR count). The minimum Gasteiger partial charge on any atom is -0.459 e. The zero-order valence-electron chi connectivity index (χ0n) is 11.2. The summed E-state index contributed by atoms with van der Waals surface area (Å²) in [4.78, 5) is 15.7. The standard InChI is InChI=1S/C13H13ClFNO2S2/c1-13(2,3)18-12(17)6-20-11-5-10(16-7-19)9(15)4-8(11)14/h4-5H,6H2,1-3H3. The lowest BCUT2D eigenvalue weighted by Crippen LogP contribution is -2.24. The number of aliphatic imine (C=N–C) groups is 1. The molecule has 0 aliphatic heterocycles. The number of ether oxygens (including phenoxy) is 1. The van der Waals surface area contributed by atoms with Crippen LogP contribution in [-0.2, 0) is 9.53 Å². The average molecular weight is 334 g/mol. The SMILES string of the molecule is CC(C)(C)OC(=O)CSc1cc(N=C=S)c(F)cc1Cl. The van der Waals surface area contributed by atoms with Crippen LogP contribution in [-0.4, -0.2) is 22.5 Å². The molecule has 0 heterocycles. The number of thiocarbonyl (C=S) groups is 1. The Bertz CT molecular complexity index is 566. The summed E-state index contributed by atoms with van der Waals surface area (Å²) in [5.41, 5.74) is -0.507. The van der Waals surface area contributed by atoms with E-state index in [1.54, 1.807) is 20.8 Å². The summed E-state index contributed by atoms with van der Waals surface area (Å²) < 4.78 is 18.6. The van der Waals surface area contributed by atoms with Crippen molar-refractivity contribution >= 4 is 52.4 Å². The van der Waals surface area contributed by atoms with Gasteiger partial charge >= 0.3 is 5.97 Å². The Morgan fingerprint density at radius 1 is 1.55 bits per heavy atom. The van der Waals surface area contributed by atoms with Gasteiger partial charge in [-0.3, -0.25) is 4.79 Å². The lowest BCUT2D eigenvalue weighted by atomic mass is 10.2. The van der Waals surface area contributed by atoms with E-state index in [4.69, 9.17) is 16.3 Å². The fraction of sp³-hybridized carbons (Fsp3) is 0.385. The Morgan fingerprint density at radius 3 is 2.75 bits per heavy atom. The predicted molar refractivity (Wildman–Crippen MR) is 82.7 cm³/mol. The number of nitrogens with zero attached hydrogens (tertiary/aromatic N) is 1. The van der Waals surface area contributed by atoms with Crippen molar-refractivity contribution in [1.82, 2.24) is 0 Å². The van der Waals surface area contributed by atoms with E-state index in [0.717, 1.165) is 17.8 Å². The van der Waals surface area contributed by atoms with E-state index in [1.807, 2.05) is 0 Å². The second-order valence-electron chi connectivity index (χ2n) is 4.81. The van der Waals surface area contributed by atoms with Crippen molar-refractivity contribution in [3.05, 3.63) is 23.0 Å². The highest BCUT2D eigenvalue weighted by atomic mass is 35.5. The van der Waals surface area contributed by atoms with Crippen molar-refractivity contribution in [2.75, 3.05) is 5.75 Å². The minimum absolute atomic E-state index is 0.0380. The number of thioether (sulfide) groups is 1. The third-order valence-electron chi connectivity index (χ3n) is 1.93. The van der Waals surface area contributed by atoms with Crippen molar-refractivity contribution in [3.63, 3.8) is 0 Å². The molecule has 3 nitrogen and oxygen atoms in total. The van der Waals surface area contributed by atoms with Gasteiger partial charge < -0.3 is 4.74 Å². The quantitative estimate of drug-likeness (QED) is 0.348. The van der Waals surface area contributed by atoms with Gasteiger partial charge in [0, 0.05) is 4.90 Å². The molecule has 0 unspecified atom stereocenters. The van der Waals surface area contributed by atoms with E-state index in [2.05, 4.69) is 22.4 Å². The van der Waals surface area contributed by atoms with E-state index in [-0.39, 0.29) is 22.4 Å². The average Bonchev–Trinajstić information content (AvgIpc) is 2.29. The normalized spacial score (nSPS) is 10.8. The van der Waals surface area contributed by atoms with E-state index < -0.39 is 11.4 Å². The van der Waals surface area contributed by atoms with Gasteiger partial charge in [-0.1, -0.05) is 11.6 Å². The molecule has 20 heavy (non-hydrogen) atoms. The first-order chi connectivity index (χ1) is 9.23. The summed E-state index contributed by atoms with van der Waals surface area (Å²) in [5.74, 6) is -0.889. The minimum atomic E-state index is -0.589. The Balaban J connectivity index is 2.80. The monoisotopic (exact) mass is 333 g/mol. The van der Waals surface area contributed by atoms with Gasteiger partial charge in [-0.15, -0.1) is 11.8 Å². The van der Waals surface area contributed by atoms with Crippen molar-refractivity contribution in [1.29, 1.82) is 0 Å². The molecule has 0 atom stereocenters. The first kappa shape index (κ1) is 17.1. The van der Waals surface area contributed by atoms with Crippen LogP contribution in [0.5, 0.6) is 0 Å². The largest absolute Gasteiger partial charge is 0.459 e. The Hall–Kier alpha value is -0.940. The van der Waals surface area contributed by atoms with E-state index in [9.17, 15) is 9.18 Å². The molecule has 1 aromatic rings. The highest BCUT2D eigenvalue weighted by Gasteiger charge is 2.17. The first-order valence-electron chi connectivity index (χ1n) is 5.64. The Labute approximate surface area is 131 Å². The van der Waals surface area contributed by atoms with Gasteiger partial charge in [-0.25, -0.2) is 4.39 Å². The van der Waals surface area contributed by atoms with Crippen LogP contribution in [0, 0.1) is 5.82 Å². The van der Waals surface area contributed by atoms with Crippen LogP contribution >= 0.6 is 35.6 Å². The number of hydrogen-bond donors (Lipinski definition) is 0. The van der Waals surface area contributed by atoms with Crippen LogP contribution in [0.4, 0.5) is 10.1 Å². The number of carbonyl (C=O) groups is 1. The first-order valence-corrected chi connectivity index (χ1v) is 7.41. The summed E-state index contributed by atoms with van der Waals surface area (Å²) in [6.45, 7) is 5.35. The third kappa shape index (κ3) is 5.59. The number of benzene rings is 1. The van der Waals surface area contributed by atoms with Gasteiger partial charge in [0.25, 0.3) is 0 Å². The number of carbonyl (C=O) groups excluding carboxylic acids is 1. The number of rotatable bonds is 4. The second-order valence-corrected chi connectivity index (χ2v) is 6.42. The fourth-order valence-corrected chi connectivity index (χ4v) is 2.41. The fourth-order valence-electron chi connectivity index (χ4n) is 1.27. The van der Waals surface area contributed by atoms with Crippen LogP contribution in [0.25, 0.3) is 0 Å². The zero-order chi connectivity index (χ0) is 15.3. The number of isothiocyanates is 1. The molecule has 0 radical (unpaired) electrons. The molecule has 0 aromatic heterocycles. The molecule has 1 aromatic carbocycles. The summed E-state index contributed by atoms with van der Waals surface area (Å²) in [6, 6.07) is 2.55. The predicted octanol–water partition coefficient (Wildman–Crippen LogP) is 4.65. The van der Waals surface area contributed by atoms with Gasteiger partial charge in [0.2, 0.25) is 0 Å². The molecule has 0 aliphatic carbocycles. The lowest BCUT2D eigenvalue weighted by Gasteiger charge is -2.19. The molecule has 0 amide bonds. The summed E-state index contributed by atoms with van der Waals surface area (Å²) in [6.07, 6.45) is 0. The molecule has 0 saturated heterocycles. The molecule has 0 saturated carbocycles. The summed E-state index contributed by atoms with van der Waals surface area (Å²) in [7, 11) is 0. The molecule has 0 aliphatic rings. The van der Waals surface area contributed by atoms with Gasteiger partial charge in [0.05, 0.1) is 15.9 Å².